The van der Waals surface area contributed by atoms with Crippen molar-refractivity contribution in [3.05, 3.63) is 29.8 Å². The number of ketones is 1. The SMILES string of the molecule is COC(=O)C(C(=O)Cc1ccc(OC)cc1)C(C)C. The monoisotopic (exact) mass is 264 g/mol. The second-order valence-electron chi connectivity index (χ2n) is 4.74. The highest BCUT2D eigenvalue weighted by atomic mass is 16.5. The van der Waals surface area contributed by atoms with E-state index in [0.717, 1.165) is 11.3 Å². The molecule has 0 aliphatic rings. The van der Waals surface area contributed by atoms with Crippen LogP contribution >= 0.6 is 0 Å². The Morgan fingerprint density at radius 3 is 2.11 bits per heavy atom. The summed E-state index contributed by atoms with van der Waals surface area (Å²) >= 11 is 0. The molecule has 0 N–H and O–H groups in total. The quantitative estimate of drug-likeness (QED) is 0.584. The van der Waals surface area contributed by atoms with Crippen LogP contribution in [0.25, 0.3) is 0 Å². The Morgan fingerprint density at radius 2 is 1.68 bits per heavy atom. The summed E-state index contributed by atoms with van der Waals surface area (Å²) in [5.74, 6) is -0.615. The van der Waals surface area contributed by atoms with Crippen LogP contribution in [-0.4, -0.2) is 26.0 Å². The summed E-state index contributed by atoms with van der Waals surface area (Å²) in [6.07, 6.45) is 0.224. The van der Waals surface area contributed by atoms with Crippen LogP contribution in [-0.2, 0) is 20.7 Å². The Morgan fingerprint density at radius 1 is 1.11 bits per heavy atom. The van der Waals surface area contributed by atoms with Crippen LogP contribution in [0, 0.1) is 11.8 Å². The van der Waals surface area contributed by atoms with Gasteiger partial charge < -0.3 is 9.47 Å². The van der Waals surface area contributed by atoms with Gasteiger partial charge in [0.25, 0.3) is 0 Å². The molecule has 0 radical (unpaired) electrons. The van der Waals surface area contributed by atoms with Crippen LogP contribution in [0.4, 0.5) is 0 Å². The van der Waals surface area contributed by atoms with Gasteiger partial charge in [-0.25, -0.2) is 0 Å². The molecular weight excluding hydrogens is 244 g/mol. The molecule has 0 heterocycles. The number of carbonyl (C=O) groups is 2. The predicted octanol–water partition coefficient (Wildman–Crippen LogP) is 2.25. The first kappa shape index (κ1) is 15.2. The van der Waals surface area contributed by atoms with Crippen molar-refractivity contribution < 1.29 is 19.1 Å². The van der Waals surface area contributed by atoms with Crippen molar-refractivity contribution in [2.45, 2.75) is 20.3 Å². The smallest absolute Gasteiger partial charge is 0.316 e. The predicted molar refractivity (Wildman–Crippen MR) is 72.0 cm³/mol. The molecule has 0 saturated heterocycles. The van der Waals surface area contributed by atoms with Gasteiger partial charge in [-0.15, -0.1) is 0 Å². The van der Waals surface area contributed by atoms with E-state index in [9.17, 15) is 9.59 Å². The molecule has 0 aliphatic carbocycles. The number of rotatable bonds is 6. The van der Waals surface area contributed by atoms with Gasteiger partial charge in [0.2, 0.25) is 0 Å². The highest BCUT2D eigenvalue weighted by Crippen LogP contribution is 2.18. The molecule has 0 spiro atoms. The zero-order valence-corrected chi connectivity index (χ0v) is 11.8. The molecule has 19 heavy (non-hydrogen) atoms. The first-order chi connectivity index (χ1) is 8.99. The van der Waals surface area contributed by atoms with Gasteiger partial charge in [0.1, 0.15) is 11.7 Å². The average Bonchev–Trinajstić information content (AvgIpc) is 2.39. The van der Waals surface area contributed by atoms with Gasteiger partial charge in [-0.2, -0.15) is 0 Å². The molecule has 0 fully saturated rings. The number of ether oxygens (including phenoxy) is 2. The fraction of sp³-hybridized carbons (Fsp3) is 0.467. The van der Waals surface area contributed by atoms with Crippen LogP contribution in [0.3, 0.4) is 0 Å². The van der Waals surface area contributed by atoms with Gasteiger partial charge in [-0.1, -0.05) is 26.0 Å². The van der Waals surface area contributed by atoms with Crippen molar-refractivity contribution in [2.75, 3.05) is 14.2 Å². The molecule has 4 heteroatoms. The molecule has 0 bridgehead atoms. The first-order valence-corrected chi connectivity index (χ1v) is 6.23. The van der Waals surface area contributed by atoms with Crippen molar-refractivity contribution in [3.63, 3.8) is 0 Å². The first-order valence-electron chi connectivity index (χ1n) is 6.23. The minimum Gasteiger partial charge on any atom is -0.497 e. The van der Waals surface area contributed by atoms with Crippen molar-refractivity contribution in [2.24, 2.45) is 11.8 Å². The summed E-state index contributed by atoms with van der Waals surface area (Å²) in [4.78, 5) is 23.8. The summed E-state index contributed by atoms with van der Waals surface area (Å²) in [5, 5.41) is 0. The van der Waals surface area contributed by atoms with E-state index >= 15 is 0 Å². The third-order valence-corrected chi connectivity index (χ3v) is 3.01. The van der Waals surface area contributed by atoms with E-state index in [-0.39, 0.29) is 18.1 Å². The van der Waals surface area contributed by atoms with Crippen molar-refractivity contribution >= 4 is 11.8 Å². The summed E-state index contributed by atoms with van der Waals surface area (Å²) in [5.41, 5.74) is 0.861. The molecule has 1 atom stereocenters. The van der Waals surface area contributed by atoms with Gasteiger partial charge in [-0.3, -0.25) is 9.59 Å². The van der Waals surface area contributed by atoms with E-state index in [2.05, 4.69) is 4.74 Å². The van der Waals surface area contributed by atoms with E-state index in [0.29, 0.717) is 0 Å². The van der Waals surface area contributed by atoms with E-state index in [4.69, 9.17) is 4.74 Å². The normalized spacial score (nSPS) is 12.1. The summed E-state index contributed by atoms with van der Waals surface area (Å²) in [6.45, 7) is 3.68. The lowest BCUT2D eigenvalue weighted by molar-refractivity contribution is -0.151. The van der Waals surface area contributed by atoms with Crippen LogP contribution < -0.4 is 4.74 Å². The number of benzene rings is 1. The maximum absolute atomic E-state index is 12.2. The van der Waals surface area contributed by atoms with Crippen molar-refractivity contribution in [3.8, 4) is 5.75 Å². The summed E-state index contributed by atoms with van der Waals surface area (Å²) < 4.78 is 9.75. The molecule has 0 saturated carbocycles. The molecule has 104 valence electrons. The van der Waals surface area contributed by atoms with Gasteiger partial charge in [0.15, 0.2) is 5.78 Å². The Hall–Kier alpha value is -1.84. The highest BCUT2D eigenvalue weighted by Gasteiger charge is 2.30. The Balaban J connectivity index is 2.78. The molecule has 0 aliphatic heterocycles. The zero-order valence-electron chi connectivity index (χ0n) is 11.8. The number of Topliss-reactive ketones (excluding diaryl/α,β-unsaturated/α-hetero) is 1. The topological polar surface area (TPSA) is 52.6 Å². The second-order valence-corrected chi connectivity index (χ2v) is 4.74. The number of esters is 1. The Bertz CT molecular complexity index is 434. The van der Waals surface area contributed by atoms with Crippen LogP contribution in [0.2, 0.25) is 0 Å². The average molecular weight is 264 g/mol. The van der Waals surface area contributed by atoms with Crippen molar-refractivity contribution in [1.82, 2.24) is 0 Å². The molecule has 4 nitrogen and oxygen atoms in total. The number of hydrogen-bond donors (Lipinski definition) is 0. The Labute approximate surface area is 113 Å². The Kier molecular flexibility index (Phi) is 5.55. The van der Waals surface area contributed by atoms with E-state index < -0.39 is 11.9 Å². The minimum atomic E-state index is -0.702. The zero-order chi connectivity index (χ0) is 14.4. The molecular formula is C15H20O4. The van der Waals surface area contributed by atoms with Gasteiger partial charge in [0, 0.05) is 6.42 Å². The number of methoxy groups -OCH3 is 2. The lowest BCUT2D eigenvalue weighted by atomic mass is 9.88. The highest BCUT2D eigenvalue weighted by molar-refractivity contribution is 6.00. The largest absolute Gasteiger partial charge is 0.497 e. The van der Waals surface area contributed by atoms with Crippen LogP contribution in [0.5, 0.6) is 5.75 Å². The lowest BCUT2D eigenvalue weighted by Crippen LogP contribution is -2.31. The number of carbonyl (C=O) groups excluding carboxylic acids is 2. The van der Waals surface area contributed by atoms with E-state index in [1.54, 1.807) is 19.2 Å². The maximum atomic E-state index is 12.2. The summed E-state index contributed by atoms with van der Waals surface area (Å²) in [6, 6.07) is 7.24. The van der Waals surface area contributed by atoms with Crippen molar-refractivity contribution in [1.29, 1.82) is 0 Å². The van der Waals surface area contributed by atoms with Crippen LogP contribution in [0.1, 0.15) is 19.4 Å². The number of hydrogen-bond acceptors (Lipinski definition) is 4. The fourth-order valence-corrected chi connectivity index (χ4v) is 1.96. The summed E-state index contributed by atoms with van der Waals surface area (Å²) in [7, 11) is 2.89. The molecule has 0 amide bonds. The molecule has 1 rings (SSSR count). The standard InChI is InChI=1S/C15H20O4/c1-10(2)14(15(17)19-4)13(16)9-11-5-7-12(18-3)8-6-11/h5-8,10,14H,9H2,1-4H3. The van der Waals surface area contributed by atoms with Gasteiger partial charge in [-0.05, 0) is 23.6 Å². The lowest BCUT2D eigenvalue weighted by Gasteiger charge is -2.17. The second kappa shape index (κ2) is 6.92. The van der Waals surface area contributed by atoms with Gasteiger partial charge in [0.05, 0.1) is 14.2 Å². The molecule has 1 aromatic rings. The molecule has 0 aromatic heterocycles. The van der Waals surface area contributed by atoms with Gasteiger partial charge >= 0.3 is 5.97 Å². The third-order valence-electron chi connectivity index (χ3n) is 3.01. The third kappa shape index (κ3) is 4.09. The van der Waals surface area contributed by atoms with Crippen LogP contribution in [0.15, 0.2) is 24.3 Å². The minimum absolute atomic E-state index is 0.0711. The fourth-order valence-electron chi connectivity index (χ4n) is 1.96. The van der Waals surface area contributed by atoms with E-state index in [1.165, 1.54) is 7.11 Å². The maximum Gasteiger partial charge on any atom is 0.316 e. The van der Waals surface area contributed by atoms with E-state index in [1.807, 2.05) is 26.0 Å². The molecule has 1 aromatic carbocycles. The molecule has 1 unspecified atom stereocenters.